The second kappa shape index (κ2) is 8.91. The van der Waals surface area contributed by atoms with Crippen LogP contribution in [0.4, 0.5) is 0 Å². The summed E-state index contributed by atoms with van der Waals surface area (Å²) in [5.41, 5.74) is 0.289. The monoisotopic (exact) mass is 350 g/mol. The van der Waals surface area contributed by atoms with E-state index in [1.165, 1.54) is 26.4 Å². The number of rotatable bonds is 7. The SMILES string of the molecule is COc1cc(OC)cc(C(=O)NCC(=O)OCC(=O)N2CCCC2)c1. The van der Waals surface area contributed by atoms with Gasteiger partial charge in [0.25, 0.3) is 11.8 Å². The van der Waals surface area contributed by atoms with E-state index in [1.807, 2.05) is 0 Å². The first-order valence-corrected chi connectivity index (χ1v) is 7.98. The van der Waals surface area contributed by atoms with Gasteiger partial charge in [0, 0.05) is 24.7 Å². The molecule has 25 heavy (non-hydrogen) atoms. The molecule has 1 N–H and O–H groups in total. The number of benzene rings is 1. The molecule has 1 aromatic rings. The lowest BCUT2D eigenvalue weighted by Gasteiger charge is -2.15. The van der Waals surface area contributed by atoms with Crippen LogP contribution in [0.15, 0.2) is 18.2 Å². The summed E-state index contributed by atoms with van der Waals surface area (Å²) in [5, 5.41) is 2.45. The van der Waals surface area contributed by atoms with Gasteiger partial charge in [-0.25, -0.2) is 0 Å². The van der Waals surface area contributed by atoms with Crippen LogP contribution in [0.5, 0.6) is 11.5 Å². The maximum Gasteiger partial charge on any atom is 0.325 e. The number of ether oxygens (including phenoxy) is 3. The highest BCUT2D eigenvalue weighted by Crippen LogP contribution is 2.22. The molecule has 1 fully saturated rings. The van der Waals surface area contributed by atoms with E-state index in [0.717, 1.165) is 12.8 Å². The Balaban J connectivity index is 1.80. The number of carbonyl (C=O) groups excluding carboxylic acids is 3. The van der Waals surface area contributed by atoms with Gasteiger partial charge in [0.1, 0.15) is 18.0 Å². The van der Waals surface area contributed by atoms with Crippen molar-refractivity contribution in [1.82, 2.24) is 10.2 Å². The van der Waals surface area contributed by atoms with Crippen molar-refractivity contribution in [3.05, 3.63) is 23.8 Å². The average Bonchev–Trinajstić information content (AvgIpc) is 3.18. The van der Waals surface area contributed by atoms with Gasteiger partial charge in [-0.2, -0.15) is 0 Å². The number of methoxy groups -OCH3 is 2. The molecule has 8 heteroatoms. The first-order chi connectivity index (χ1) is 12.0. The second-order valence-corrected chi connectivity index (χ2v) is 5.53. The number of hydrogen-bond donors (Lipinski definition) is 1. The highest BCUT2D eigenvalue weighted by Gasteiger charge is 2.19. The summed E-state index contributed by atoms with van der Waals surface area (Å²) in [5.74, 6) is -0.433. The highest BCUT2D eigenvalue weighted by molar-refractivity contribution is 5.96. The number of nitrogens with one attached hydrogen (secondary N) is 1. The minimum Gasteiger partial charge on any atom is -0.497 e. The molecular weight excluding hydrogens is 328 g/mol. The summed E-state index contributed by atoms with van der Waals surface area (Å²) in [4.78, 5) is 37.3. The van der Waals surface area contributed by atoms with Gasteiger partial charge in [-0.3, -0.25) is 14.4 Å². The zero-order chi connectivity index (χ0) is 18.2. The Morgan fingerprint density at radius 3 is 2.20 bits per heavy atom. The fourth-order valence-corrected chi connectivity index (χ4v) is 2.44. The van der Waals surface area contributed by atoms with E-state index in [2.05, 4.69) is 5.32 Å². The number of esters is 1. The minimum absolute atomic E-state index is 0.213. The van der Waals surface area contributed by atoms with Crippen LogP contribution < -0.4 is 14.8 Å². The average molecular weight is 350 g/mol. The predicted octanol–water partition coefficient (Wildman–Crippen LogP) is 0.599. The first kappa shape index (κ1) is 18.6. The maximum atomic E-state index is 12.1. The smallest absolute Gasteiger partial charge is 0.325 e. The Kier molecular flexibility index (Phi) is 6.62. The van der Waals surface area contributed by atoms with Gasteiger partial charge in [0.2, 0.25) is 0 Å². The fraction of sp³-hybridized carbons (Fsp3) is 0.471. The quantitative estimate of drug-likeness (QED) is 0.724. The molecule has 0 bridgehead atoms. The van der Waals surface area contributed by atoms with Crippen LogP contribution in [-0.2, 0) is 14.3 Å². The van der Waals surface area contributed by atoms with Crippen molar-refractivity contribution < 1.29 is 28.6 Å². The van der Waals surface area contributed by atoms with Crippen LogP contribution in [0.25, 0.3) is 0 Å². The number of hydrogen-bond acceptors (Lipinski definition) is 6. The standard InChI is InChI=1S/C17H22N2O6/c1-23-13-7-12(8-14(9-13)24-2)17(22)18-10-16(21)25-11-15(20)19-5-3-4-6-19/h7-9H,3-6,10-11H2,1-2H3,(H,18,22). The Bertz CT molecular complexity index is 618. The molecule has 0 saturated carbocycles. The van der Waals surface area contributed by atoms with Gasteiger partial charge < -0.3 is 24.4 Å². The van der Waals surface area contributed by atoms with E-state index in [1.54, 1.807) is 11.0 Å². The van der Waals surface area contributed by atoms with Crippen molar-refractivity contribution in [3.63, 3.8) is 0 Å². The van der Waals surface area contributed by atoms with E-state index in [0.29, 0.717) is 24.6 Å². The molecule has 0 unspecified atom stereocenters. The van der Waals surface area contributed by atoms with Crippen LogP contribution in [-0.4, -0.2) is 63.1 Å². The lowest BCUT2D eigenvalue weighted by Crippen LogP contribution is -2.35. The van der Waals surface area contributed by atoms with Crippen molar-refractivity contribution >= 4 is 17.8 Å². The van der Waals surface area contributed by atoms with Crippen molar-refractivity contribution in [2.75, 3.05) is 40.5 Å². The zero-order valence-electron chi connectivity index (χ0n) is 14.4. The second-order valence-electron chi connectivity index (χ2n) is 5.53. The van der Waals surface area contributed by atoms with Gasteiger partial charge in [0.15, 0.2) is 6.61 Å². The molecule has 0 spiro atoms. The molecule has 8 nitrogen and oxygen atoms in total. The summed E-state index contributed by atoms with van der Waals surface area (Å²) in [6.45, 7) is 0.767. The van der Waals surface area contributed by atoms with E-state index in [-0.39, 0.29) is 24.6 Å². The molecule has 2 amide bonds. The molecule has 2 rings (SSSR count). The third kappa shape index (κ3) is 5.37. The van der Waals surface area contributed by atoms with Crippen LogP contribution in [0.3, 0.4) is 0 Å². The summed E-state index contributed by atoms with van der Waals surface area (Å²) >= 11 is 0. The van der Waals surface area contributed by atoms with Gasteiger partial charge in [-0.1, -0.05) is 0 Å². The van der Waals surface area contributed by atoms with Crippen molar-refractivity contribution in [1.29, 1.82) is 0 Å². The van der Waals surface area contributed by atoms with E-state index < -0.39 is 11.9 Å². The molecular formula is C17H22N2O6. The molecule has 1 aliphatic rings. The Morgan fingerprint density at radius 1 is 1.04 bits per heavy atom. The maximum absolute atomic E-state index is 12.1. The van der Waals surface area contributed by atoms with E-state index in [4.69, 9.17) is 14.2 Å². The Hall–Kier alpha value is -2.77. The molecule has 136 valence electrons. The molecule has 1 saturated heterocycles. The molecule has 1 aromatic carbocycles. The first-order valence-electron chi connectivity index (χ1n) is 7.98. The summed E-state index contributed by atoms with van der Waals surface area (Å²) in [6.07, 6.45) is 1.94. The van der Waals surface area contributed by atoms with Gasteiger partial charge in [0.05, 0.1) is 14.2 Å². The van der Waals surface area contributed by atoms with Crippen LogP contribution in [0, 0.1) is 0 Å². The molecule has 0 aromatic heterocycles. The number of carbonyl (C=O) groups is 3. The number of amides is 2. The number of likely N-dealkylation sites (tertiary alicyclic amines) is 1. The van der Waals surface area contributed by atoms with Crippen LogP contribution in [0.2, 0.25) is 0 Å². The fourth-order valence-electron chi connectivity index (χ4n) is 2.44. The normalized spacial score (nSPS) is 13.3. The molecule has 0 aliphatic carbocycles. The lowest BCUT2D eigenvalue weighted by atomic mass is 10.2. The molecule has 0 atom stereocenters. The topological polar surface area (TPSA) is 94.2 Å². The van der Waals surface area contributed by atoms with E-state index >= 15 is 0 Å². The van der Waals surface area contributed by atoms with E-state index in [9.17, 15) is 14.4 Å². The summed E-state index contributed by atoms with van der Waals surface area (Å²) in [6, 6.07) is 4.69. The Labute approximate surface area is 146 Å². The molecule has 1 heterocycles. The minimum atomic E-state index is -0.671. The van der Waals surface area contributed by atoms with Gasteiger partial charge >= 0.3 is 5.97 Å². The largest absolute Gasteiger partial charge is 0.497 e. The molecule has 0 radical (unpaired) electrons. The van der Waals surface area contributed by atoms with Crippen molar-refractivity contribution in [3.8, 4) is 11.5 Å². The van der Waals surface area contributed by atoms with Crippen LogP contribution >= 0.6 is 0 Å². The molecule has 1 aliphatic heterocycles. The third-order valence-corrected chi connectivity index (χ3v) is 3.82. The van der Waals surface area contributed by atoms with Crippen LogP contribution in [0.1, 0.15) is 23.2 Å². The zero-order valence-corrected chi connectivity index (χ0v) is 14.4. The van der Waals surface area contributed by atoms with Gasteiger partial charge in [-0.15, -0.1) is 0 Å². The summed E-state index contributed by atoms with van der Waals surface area (Å²) < 4.78 is 15.1. The predicted molar refractivity (Wildman–Crippen MR) is 88.7 cm³/mol. The highest BCUT2D eigenvalue weighted by atomic mass is 16.5. The lowest BCUT2D eigenvalue weighted by molar-refractivity contribution is -0.150. The third-order valence-electron chi connectivity index (χ3n) is 3.82. The number of nitrogens with zero attached hydrogens (tertiary/aromatic N) is 1. The van der Waals surface area contributed by atoms with Crippen molar-refractivity contribution in [2.45, 2.75) is 12.8 Å². The van der Waals surface area contributed by atoms with Gasteiger partial charge in [-0.05, 0) is 25.0 Å². The van der Waals surface area contributed by atoms with Crippen molar-refractivity contribution in [2.24, 2.45) is 0 Å². The Morgan fingerprint density at radius 2 is 1.64 bits per heavy atom. The summed E-state index contributed by atoms with van der Waals surface area (Å²) in [7, 11) is 2.95.